The molecule has 0 spiro atoms. The average molecular weight is 290 g/mol. The lowest BCUT2D eigenvalue weighted by molar-refractivity contribution is 0.354. The van der Waals surface area contributed by atoms with Crippen LogP contribution >= 0.6 is 0 Å². The van der Waals surface area contributed by atoms with Gasteiger partial charge in [-0.25, -0.2) is 9.67 Å². The molecule has 1 aromatic carbocycles. The Balaban J connectivity index is 1.92. The third kappa shape index (κ3) is 3.95. The number of aryl methyl sites for hydroxylation is 1. The molecule has 1 N–H and O–H groups in total. The van der Waals surface area contributed by atoms with Crippen LogP contribution < -0.4 is 14.8 Å². The van der Waals surface area contributed by atoms with Crippen molar-refractivity contribution in [3.05, 3.63) is 35.9 Å². The van der Waals surface area contributed by atoms with Crippen molar-refractivity contribution >= 4 is 0 Å². The molecule has 21 heavy (non-hydrogen) atoms. The maximum absolute atomic E-state index is 5.30. The van der Waals surface area contributed by atoms with Crippen LogP contribution in [0.4, 0.5) is 0 Å². The topological polar surface area (TPSA) is 61.2 Å². The molecule has 0 saturated heterocycles. The highest BCUT2D eigenvalue weighted by Crippen LogP contribution is 2.27. The van der Waals surface area contributed by atoms with Crippen LogP contribution in [0.2, 0.25) is 0 Å². The van der Waals surface area contributed by atoms with Crippen molar-refractivity contribution in [3.63, 3.8) is 0 Å². The molecule has 0 bridgehead atoms. The largest absolute Gasteiger partial charge is 0.493 e. The molecule has 0 aliphatic heterocycles. The number of aromatic nitrogens is 3. The lowest BCUT2D eigenvalue weighted by Gasteiger charge is -2.10. The van der Waals surface area contributed by atoms with E-state index in [1.807, 2.05) is 22.9 Å². The third-order valence-electron chi connectivity index (χ3n) is 3.19. The van der Waals surface area contributed by atoms with E-state index in [-0.39, 0.29) is 0 Å². The highest BCUT2D eigenvalue weighted by atomic mass is 16.5. The van der Waals surface area contributed by atoms with E-state index >= 15 is 0 Å². The molecular weight excluding hydrogens is 268 g/mol. The molecule has 0 fully saturated rings. The Morgan fingerprint density at radius 2 is 1.95 bits per heavy atom. The first-order chi connectivity index (χ1) is 10.3. The van der Waals surface area contributed by atoms with E-state index in [0.29, 0.717) is 6.54 Å². The van der Waals surface area contributed by atoms with Crippen molar-refractivity contribution in [3.8, 4) is 11.5 Å². The fraction of sp³-hybridized carbons (Fsp3) is 0.467. The SMILES string of the molecule is CCCn1ncnc1CNCc1ccc(OC)c(OC)c1. The fourth-order valence-electron chi connectivity index (χ4n) is 2.13. The molecule has 2 aromatic rings. The van der Waals surface area contributed by atoms with E-state index in [4.69, 9.17) is 9.47 Å². The van der Waals surface area contributed by atoms with Gasteiger partial charge in [0.05, 0.1) is 20.8 Å². The normalized spacial score (nSPS) is 10.6. The lowest BCUT2D eigenvalue weighted by Crippen LogP contribution is -2.17. The number of hydrogen-bond acceptors (Lipinski definition) is 5. The molecule has 0 aliphatic rings. The molecule has 0 radical (unpaired) electrons. The van der Waals surface area contributed by atoms with Gasteiger partial charge in [0.2, 0.25) is 0 Å². The van der Waals surface area contributed by atoms with Crippen LogP contribution in [0.1, 0.15) is 24.7 Å². The number of nitrogens with zero attached hydrogens (tertiary/aromatic N) is 3. The van der Waals surface area contributed by atoms with E-state index in [2.05, 4.69) is 22.3 Å². The van der Waals surface area contributed by atoms with E-state index < -0.39 is 0 Å². The van der Waals surface area contributed by atoms with Crippen molar-refractivity contribution in [2.45, 2.75) is 33.0 Å². The van der Waals surface area contributed by atoms with Gasteiger partial charge in [-0.2, -0.15) is 5.10 Å². The summed E-state index contributed by atoms with van der Waals surface area (Å²) >= 11 is 0. The summed E-state index contributed by atoms with van der Waals surface area (Å²) in [5.74, 6) is 2.44. The van der Waals surface area contributed by atoms with Crippen molar-refractivity contribution in [1.29, 1.82) is 0 Å². The summed E-state index contributed by atoms with van der Waals surface area (Å²) in [5, 5.41) is 7.58. The van der Waals surface area contributed by atoms with Gasteiger partial charge in [0, 0.05) is 13.1 Å². The van der Waals surface area contributed by atoms with Gasteiger partial charge in [-0.3, -0.25) is 0 Å². The van der Waals surface area contributed by atoms with E-state index in [0.717, 1.165) is 42.4 Å². The van der Waals surface area contributed by atoms with E-state index in [1.54, 1.807) is 20.5 Å². The van der Waals surface area contributed by atoms with Gasteiger partial charge in [-0.15, -0.1) is 0 Å². The Kier molecular flexibility index (Phi) is 5.57. The first kappa shape index (κ1) is 15.3. The van der Waals surface area contributed by atoms with Crippen LogP contribution in [0.15, 0.2) is 24.5 Å². The van der Waals surface area contributed by atoms with Crippen LogP contribution in [0, 0.1) is 0 Å². The molecule has 1 heterocycles. The second-order valence-corrected chi connectivity index (χ2v) is 4.69. The van der Waals surface area contributed by atoms with Crippen molar-refractivity contribution < 1.29 is 9.47 Å². The molecular formula is C15H22N4O2. The maximum Gasteiger partial charge on any atom is 0.161 e. The predicted octanol–water partition coefficient (Wildman–Crippen LogP) is 2.00. The van der Waals surface area contributed by atoms with Gasteiger partial charge < -0.3 is 14.8 Å². The summed E-state index contributed by atoms with van der Waals surface area (Å²) in [4.78, 5) is 4.27. The molecule has 0 amide bonds. The Hall–Kier alpha value is -2.08. The molecule has 0 aliphatic carbocycles. The Bertz CT molecular complexity index is 569. The predicted molar refractivity (Wildman–Crippen MR) is 80.4 cm³/mol. The minimum atomic E-state index is 0.689. The van der Waals surface area contributed by atoms with Crippen molar-refractivity contribution in [2.24, 2.45) is 0 Å². The number of benzene rings is 1. The van der Waals surface area contributed by atoms with Crippen LogP contribution in [0.25, 0.3) is 0 Å². The molecule has 6 heteroatoms. The van der Waals surface area contributed by atoms with Crippen molar-refractivity contribution in [2.75, 3.05) is 14.2 Å². The van der Waals surface area contributed by atoms with Crippen molar-refractivity contribution in [1.82, 2.24) is 20.1 Å². The summed E-state index contributed by atoms with van der Waals surface area (Å²) in [6.07, 6.45) is 2.65. The molecule has 0 unspecified atom stereocenters. The highest BCUT2D eigenvalue weighted by Gasteiger charge is 2.06. The summed E-state index contributed by atoms with van der Waals surface area (Å²) in [6.45, 7) is 4.45. The molecule has 2 rings (SSSR count). The second kappa shape index (κ2) is 7.64. The van der Waals surface area contributed by atoms with Gasteiger partial charge in [-0.1, -0.05) is 13.0 Å². The molecule has 1 aromatic heterocycles. The summed E-state index contributed by atoms with van der Waals surface area (Å²) < 4.78 is 12.5. The van der Waals surface area contributed by atoms with Gasteiger partial charge in [0.15, 0.2) is 11.5 Å². The Morgan fingerprint density at radius 3 is 2.67 bits per heavy atom. The highest BCUT2D eigenvalue weighted by molar-refractivity contribution is 5.42. The number of ether oxygens (including phenoxy) is 2. The molecule has 0 saturated carbocycles. The first-order valence-corrected chi connectivity index (χ1v) is 7.06. The van der Waals surface area contributed by atoms with Crippen LogP contribution in [-0.4, -0.2) is 29.0 Å². The van der Waals surface area contributed by atoms with Crippen LogP contribution in [0.3, 0.4) is 0 Å². The van der Waals surface area contributed by atoms with Gasteiger partial charge in [0.25, 0.3) is 0 Å². The number of rotatable bonds is 8. The zero-order chi connectivity index (χ0) is 15.1. The van der Waals surface area contributed by atoms with Crippen LogP contribution in [-0.2, 0) is 19.6 Å². The van der Waals surface area contributed by atoms with Gasteiger partial charge >= 0.3 is 0 Å². The summed E-state index contributed by atoms with van der Waals surface area (Å²) in [6, 6.07) is 5.91. The molecule has 114 valence electrons. The van der Waals surface area contributed by atoms with Gasteiger partial charge in [-0.05, 0) is 24.1 Å². The lowest BCUT2D eigenvalue weighted by atomic mass is 10.2. The maximum atomic E-state index is 5.30. The zero-order valence-electron chi connectivity index (χ0n) is 12.8. The van der Waals surface area contributed by atoms with Crippen LogP contribution in [0.5, 0.6) is 11.5 Å². The van der Waals surface area contributed by atoms with E-state index in [9.17, 15) is 0 Å². The fourth-order valence-corrected chi connectivity index (χ4v) is 2.13. The Morgan fingerprint density at radius 1 is 1.14 bits per heavy atom. The average Bonchev–Trinajstić information content (AvgIpc) is 2.95. The minimum absolute atomic E-state index is 0.689. The van der Waals surface area contributed by atoms with E-state index in [1.165, 1.54) is 0 Å². The molecule has 0 atom stereocenters. The monoisotopic (exact) mass is 290 g/mol. The van der Waals surface area contributed by atoms with Gasteiger partial charge in [0.1, 0.15) is 12.2 Å². The quantitative estimate of drug-likeness (QED) is 0.805. The standard InChI is InChI=1S/C15H22N4O2/c1-4-7-19-15(17-11-18-19)10-16-9-12-5-6-13(20-2)14(8-12)21-3/h5-6,8,11,16H,4,7,9-10H2,1-3H3. The molecule has 6 nitrogen and oxygen atoms in total. The minimum Gasteiger partial charge on any atom is -0.493 e. The number of methoxy groups -OCH3 is 2. The summed E-state index contributed by atoms with van der Waals surface area (Å²) in [7, 11) is 3.28. The smallest absolute Gasteiger partial charge is 0.161 e. The number of nitrogens with one attached hydrogen (secondary N) is 1. The Labute approximate surface area is 125 Å². The zero-order valence-corrected chi connectivity index (χ0v) is 12.8. The third-order valence-corrected chi connectivity index (χ3v) is 3.19. The summed E-state index contributed by atoms with van der Waals surface area (Å²) in [5.41, 5.74) is 1.13. The second-order valence-electron chi connectivity index (χ2n) is 4.69. The first-order valence-electron chi connectivity index (χ1n) is 7.06. The number of hydrogen-bond donors (Lipinski definition) is 1.